The van der Waals surface area contributed by atoms with Crippen molar-refractivity contribution < 1.29 is 9.47 Å². The predicted octanol–water partition coefficient (Wildman–Crippen LogP) is 2.62. The molecule has 2 heterocycles. The minimum absolute atomic E-state index is 0.599. The van der Waals surface area contributed by atoms with Crippen molar-refractivity contribution in [3.8, 4) is 0 Å². The van der Waals surface area contributed by atoms with Crippen LogP contribution in [0.15, 0.2) is 0 Å². The maximum Gasteiger partial charge on any atom is 0.0875 e. The highest BCUT2D eigenvalue weighted by atomic mass is 16.6. The third-order valence-electron chi connectivity index (χ3n) is 5.48. The van der Waals surface area contributed by atoms with E-state index in [2.05, 4.69) is 6.92 Å². The smallest absolute Gasteiger partial charge is 0.0875 e. The minimum atomic E-state index is 0.599. The quantitative estimate of drug-likeness (QED) is 0.682. The summed E-state index contributed by atoms with van der Waals surface area (Å²) in [6.07, 6.45) is 8.88. The van der Waals surface area contributed by atoms with Gasteiger partial charge in [0, 0.05) is 5.92 Å². The van der Waals surface area contributed by atoms with Crippen LogP contribution in [0.3, 0.4) is 0 Å². The van der Waals surface area contributed by atoms with Gasteiger partial charge in [-0.2, -0.15) is 0 Å². The third-order valence-corrected chi connectivity index (χ3v) is 5.48. The zero-order valence-electron chi connectivity index (χ0n) is 10.1. The Hall–Kier alpha value is -0.0800. The van der Waals surface area contributed by atoms with Gasteiger partial charge in [0.25, 0.3) is 0 Å². The summed E-state index contributed by atoms with van der Waals surface area (Å²) < 4.78 is 11.5. The average molecular weight is 222 g/mol. The molecule has 4 aliphatic rings. The molecule has 0 spiro atoms. The van der Waals surface area contributed by atoms with Crippen LogP contribution >= 0.6 is 0 Å². The topological polar surface area (TPSA) is 21.8 Å². The average Bonchev–Trinajstić information content (AvgIpc) is 2.89. The van der Waals surface area contributed by atoms with E-state index in [0.717, 1.165) is 30.3 Å². The standard InChI is InChI=1S/C14H22O2/c1-2-3-8-7-15-12(8)6-9-4-10-5-11(9)14-13(10)16-14/h8-14H,2-7H2,1H3/t8?,9-,10-,11-,12?,13+,14-/m1/s1. The molecule has 16 heavy (non-hydrogen) atoms. The fourth-order valence-corrected chi connectivity index (χ4v) is 4.57. The van der Waals surface area contributed by atoms with Gasteiger partial charge in [-0.05, 0) is 43.4 Å². The summed E-state index contributed by atoms with van der Waals surface area (Å²) in [6.45, 7) is 3.32. The molecule has 7 atom stereocenters. The van der Waals surface area contributed by atoms with Crippen molar-refractivity contribution in [1.29, 1.82) is 0 Å². The lowest BCUT2D eigenvalue weighted by atomic mass is 9.79. The summed E-state index contributed by atoms with van der Waals surface area (Å²) >= 11 is 0. The maximum atomic E-state index is 5.77. The van der Waals surface area contributed by atoms with E-state index in [1.165, 1.54) is 32.1 Å². The van der Waals surface area contributed by atoms with Crippen molar-refractivity contribution >= 4 is 0 Å². The zero-order valence-corrected chi connectivity index (χ0v) is 10.1. The van der Waals surface area contributed by atoms with Crippen molar-refractivity contribution in [2.24, 2.45) is 23.7 Å². The fourth-order valence-electron chi connectivity index (χ4n) is 4.57. The second-order valence-corrected chi connectivity index (χ2v) is 6.38. The van der Waals surface area contributed by atoms with Gasteiger partial charge in [0.1, 0.15) is 0 Å². The SMILES string of the molecule is CCCC1COC1C[C@H]1C[C@@H]2C[C@H]1[C@H]1O[C@@H]21. The summed E-state index contributed by atoms with van der Waals surface area (Å²) in [6, 6.07) is 0. The van der Waals surface area contributed by atoms with Gasteiger partial charge in [0.05, 0.1) is 24.9 Å². The Bertz CT molecular complexity index is 290. The van der Waals surface area contributed by atoms with Crippen LogP contribution in [-0.2, 0) is 9.47 Å². The van der Waals surface area contributed by atoms with Gasteiger partial charge >= 0.3 is 0 Å². The van der Waals surface area contributed by atoms with Crippen LogP contribution in [0.2, 0.25) is 0 Å². The van der Waals surface area contributed by atoms with E-state index in [1.54, 1.807) is 0 Å². The summed E-state index contributed by atoms with van der Waals surface area (Å²) in [7, 11) is 0. The van der Waals surface area contributed by atoms with E-state index >= 15 is 0 Å². The number of ether oxygens (including phenoxy) is 2. The van der Waals surface area contributed by atoms with Crippen molar-refractivity contribution in [2.45, 2.75) is 57.3 Å². The van der Waals surface area contributed by atoms with Crippen molar-refractivity contribution in [3.63, 3.8) is 0 Å². The molecule has 0 N–H and O–H groups in total. The third kappa shape index (κ3) is 1.32. The molecule has 2 aliphatic carbocycles. The highest BCUT2D eigenvalue weighted by Crippen LogP contribution is 2.60. The number of rotatable bonds is 4. The van der Waals surface area contributed by atoms with Crippen molar-refractivity contribution in [2.75, 3.05) is 6.61 Å². The molecule has 0 aromatic heterocycles. The lowest BCUT2D eigenvalue weighted by Crippen LogP contribution is -2.41. The van der Waals surface area contributed by atoms with Crippen LogP contribution in [0.5, 0.6) is 0 Å². The molecule has 0 aromatic rings. The van der Waals surface area contributed by atoms with Gasteiger partial charge in [0.2, 0.25) is 0 Å². The van der Waals surface area contributed by atoms with Gasteiger partial charge < -0.3 is 9.47 Å². The van der Waals surface area contributed by atoms with Gasteiger partial charge in [-0.15, -0.1) is 0 Å². The monoisotopic (exact) mass is 222 g/mol. The highest BCUT2D eigenvalue weighted by molar-refractivity contribution is 5.11. The van der Waals surface area contributed by atoms with Crippen molar-refractivity contribution in [1.82, 2.24) is 0 Å². The molecule has 0 amide bonds. The molecular formula is C14H22O2. The van der Waals surface area contributed by atoms with E-state index in [-0.39, 0.29) is 0 Å². The Morgan fingerprint density at radius 1 is 1.12 bits per heavy atom. The van der Waals surface area contributed by atoms with E-state index in [9.17, 15) is 0 Å². The normalized spacial score (nSPS) is 57.2. The first-order chi connectivity index (χ1) is 7.86. The first-order valence-corrected chi connectivity index (χ1v) is 7.14. The predicted molar refractivity (Wildman–Crippen MR) is 61.1 cm³/mol. The Morgan fingerprint density at radius 2 is 2.06 bits per heavy atom. The van der Waals surface area contributed by atoms with Gasteiger partial charge in [-0.1, -0.05) is 13.3 Å². The van der Waals surface area contributed by atoms with Crippen LogP contribution in [0, 0.1) is 23.7 Å². The molecule has 90 valence electrons. The number of fused-ring (bicyclic) bond motifs is 5. The zero-order chi connectivity index (χ0) is 10.7. The Labute approximate surface area is 97.7 Å². The van der Waals surface area contributed by atoms with E-state index in [4.69, 9.17) is 9.47 Å². The minimum Gasteiger partial charge on any atom is -0.377 e. The number of epoxide rings is 1. The molecule has 4 rings (SSSR count). The fraction of sp³-hybridized carbons (Fsp3) is 1.00. The Kier molecular flexibility index (Phi) is 2.14. The van der Waals surface area contributed by atoms with Crippen LogP contribution < -0.4 is 0 Å². The van der Waals surface area contributed by atoms with Gasteiger partial charge in [-0.25, -0.2) is 0 Å². The van der Waals surface area contributed by atoms with Crippen LogP contribution in [0.4, 0.5) is 0 Å². The van der Waals surface area contributed by atoms with Gasteiger partial charge in [0.15, 0.2) is 0 Å². The molecule has 2 nitrogen and oxygen atoms in total. The second-order valence-electron chi connectivity index (χ2n) is 6.38. The van der Waals surface area contributed by atoms with E-state index in [1.807, 2.05) is 0 Å². The molecule has 2 unspecified atom stereocenters. The largest absolute Gasteiger partial charge is 0.377 e. The molecule has 0 aromatic carbocycles. The molecule has 2 saturated carbocycles. The van der Waals surface area contributed by atoms with Crippen LogP contribution in [0.1, 0.15) is 39.0 Å². The molecule has 2 heteroatoms. The second kappa shape index (κ2) is 3.46. The summed E-state index contributed by atoms with van der Waals surface area (Å²) in [5.74, 6) is 3.63. The molecule has 2 aliphatic heterocycles. The number of hydrogen-bond acceptors (Lipinski definition) is 2. The molecule has 2 saturated heterocycles. The Balaban J connectivity index is 1.35. The molecule has 0 radical (unpaired) electrons. The lowest BCUT2D eigenvalue weighted by molar-refractivity contribution is -0.129. The van der Waals surface area contributed by atoms with Gasteiger partial charge in [-0.3, -0.25) is 0 Å². The van der Waals surface area contributed by atoms with E-state index in [0.29, 0.717) is 18.3 Å². The summed E-state index contributed by atoms with van der Waals surface area (Å²) in [4.78, 5) is 0. The van der Waals surface area contributed by atoms with Crippen LogP contribution in [0.25, 0.3) is 0 Å². The first kappa shape index (κ1) is 9.90. The van der Waals surface area contributed by atoms with Crippen molar-refractivity contribution in [3.05, 3.63) is 0 Å². The van der Waals surface area contributed by atoms with E-state index < -0.39 is 0 Å². The Morgan fingerprint density at radius 3 is 2.69 bits per heavy atom. The molecule has 2 bridgehead atoms. The van der Waals surface area contributed by atoms with Crippen LogP contribution in [-0.4, -0.2) is 24.9 Å². The lowest BCUT2D eigenvalue weighted by Gasteiger charge is -2.39. The maximum absolute atomic E-state index is 5.77. The number of hydrogen-bond donors (Lipinski definition) is 0. The highest BCUT2D eigenvalue weighted by Gasteiger charge is 2.63. The first-order valence-electron chi connectivity index (χ1n) is 7.14. The molecular weight excluding hydrogens is 200 g/mol. The summed E-state index contributed by atoms with van der Waals surface area (Å²) in [5, 5.41) is 0. The molecule has 4 fully saturated rings. The summed E-state index contributed by atoms with van der Waals surface area (Å²) in [5.41, 5.74) is 0.